The van der Waals surface area contributed by atoms with Crippen LogP contribution in [0.3, 0.4) is 0 Å². The third-order valence-electron chi connectivity index (χ3n) is 2.85. The molecule has 0 atom stereocenters. The molecule has 0 saturated carbocycles. The van der Waals surface area contributed by atoms with E-state index in [1.165, 1.54) is 6.07 Å². The van der Waals surface area contributed by atoms with Gasteiger partial charge in [-0.25, -0.2) is 0 Å². The van der Waals surface area contributed by atoms with Gasteiger partial charge in [0.2, 0.25) is 0 Å². The lowest BCUT2D eigenvalue weighted by Gasteiger charge is -2.12. The van der Waals surface area contributed by atoms with Crippen LogP contribution in [0.1, 0.15) is 11.1 Å². The number of halogens is 2. The van der Waals surface area contributed by atoms with Gasteiger partial charge in [0.1, 0.15) is 16.8 Å². The van der Waals surface area contributed by atoms with Gasteiger partial charge in [0.05, 0.1) is 16.6 Å². The SMILES string of the molecule is O=[N+]([O-])c1cccc(COc2c(Cl)cccc2CO)c1Br. The lowest BCUT2D eigenvalue weighted by molar-refractivity contribution is -0.385. The molecular weight excluding hydrogens is 362 g/mol. The van der Waals surface area contributed by atoms with Crippen LogP contribution < -0.4 is 4.74 Å². The summed E-state index contributed by atoms with van der Waals surface area (Å²) in [5.41, 5.74) is 1.15. The molecule has 0 bridgehead atoms. The maximum Gasteiger partial charge on any atom is 0.283 e. The molecule has 2 rings (SSSR count). The van der Waals surface area contributed by atoms with E-state index in [4.69, 9.17) is 16.3 Å². The molecule has 0 aliphatic rings. The van der Waals surface area contributed by atoms with E-state index in [0.717, 1.165) is 0 Å². The summed E-state index contributed by atoms with van der Waals surface area (Å²) in [5.74, 6) is 0.375. The Hall–Kier alpha value is -1.63. The molecule has 5 nitrogen and oxygen atoms in total. The van der Waals surface area contributed by atoms with Crippen LogP contribution in [0.25, 0.3) is 0 Å². The van der Waals surface area contributed by atoms with Gasteiger partial charge in [-0.15, -0.1) is 0 Å². The van der Waals surface area contributed by atoms with Crippen molar-refractivity contribution in [1.82, 2.24) is 0 Å². The van der Waals surface area contributed by atoms with Crippen molar-refractivity contribution < 1.29 is 14.8 Å². The normalized spacial score (nSPS) is 10.4. The van der Waals surface area contributed by atoms with Crippen molar-refractivity contribution in [3.63, 3.8) is 0 Å². The molecule has 0 aromatic heterocycles. The summed E-state index contributed by atoms with van der Waals surface area (Å²) in [5, 5.41) is 20.5. The number of benzene rings is 2. The highest BCUT2D eigenvalue weighted by Gasteiger charge is 2.16. The van der Waals surface area contributed by atoms with Crippen LogP contribution in [-0.2, 0) is 13.2 Å². The fourth-order valence-electron chi connectivity index (χ4n) is 1.81. The number of nitro groups is 1. The van der Waals surface area contributed by atoms with Crippen molar-refractivity contribution in [3.05, 3.63) is 67.1 Å². The molecule has 0 unspecified atom stereocenters. The first-order valence-electron chi connectivity index (χ1n) is 5.97. The van der Waals surface area contributed by atoms with Gasteiger partial charge in [0.25, 0.3) is 5.69 Å². The molecular formula is C14H11BrClNO4. The topological polar surface area (TPSA) is 72.6 Å². The lowest BCUT2D eigenvalue weighted by Crippen LogP contribution is -2.01. The minimum Gasteiger partial charge on any atom is -0.487 e. The van der Waals surface area contributed by atoms with Crippen LogP contribution in [0, 0.1) is 10.1 Å². The highest BCUT2D eigenvalue weighted by Crippen LogP contribution is 2.32. The predicted octanol–water partition coefficient (Wildman–Crippen LogP) is 4.08. The smallest absolute Gasteiger partial charge is 0.283 e. The van der Waals surface area contributed by atoms with Gasteiger partial charge in [0.15, 0.2) is 0 Å². The summed E-state index contributed by atoms with van der Waals surface area (Å²) >= 11 is 9.25. The van der Waals surface area contributed by atoms with Gasteiger partial charge in [-0.2, -0.15) is 0 Å². The summed E-state index contributed by atoms with van der Waals surface area (Å²) in [6.45, 7) is -0.106. The molecule has 0 radical (unpaired) electrons. The summed E-state index contributed by atoms with van der Waals surface area (Å²) < 4.78 is 5.98. The van der Waals surface area contributed by atoms with Crippen molar-refractivity contribution in [3.8, 4) is 5.75 Å². The van der Waals surface area contributed by atoms with E-state index in [2.05, 4.69) is 15.9 Å². The second kappa shape index (κ2) is 6.89. The Morgan fingerprint density at radius 2 is 1.90 bits per heavy atom. The highest BCUT2D eigenvalue weighted by molar-refractivity contribution is 9.10. The number of hydrogen-bond donors (Lipinski definition) is 1. The summed E-state index contributed by atoms with van der Waals surface area (Å²) in [7, 11) is 0. The molecule has 0 heterocycles. The first kappa shape index (κ1) is 15.8. The average molecular weight is 373 g/mol. The minimum absolute atomic E-state index is 0.0300. The Kier molecular flexibility index (Phi) is 5.17. The molecule has 0 aliphatic heterocycles. The lowest BCUT2D eigenvalue weighted by atomic mass is 10.2. The van der Waals surface area contributed by atoms with Crippen LogP contribution in [-0.4, -0.2) is 10.0 Å². The molecule has 110 valence electrons. The van der Waals surface area contributed by atoms with Gasteiger partial charge in [-0.05, 0) is 22.0 Å². The third-order valence-corrected chi connectivity index (χ3v) is 4.06. The Balaban J connectivity index is 2.25. The van der Waals surface area contributed by atoms with Crippen LogP contribution in [0.2, 0.25) is 5.02 Å². The number of rotatable bonds is 5. The Bertz CT molecular complexity index is 678. The number of nitro benzene ring substituents is 1. The second-order valence-corrected chi connectivity index (χ2v) is 5.38. The van der Waals surface area contributed by atoms with Crippen LogP contribution >= 0.6 is 27.5 Å². The molecule has 21 heavy (non-hydrogen) atoms. The van der Waals surface area contributed by atoms with Crippen LogP contribution in [0.15, 0.2) is 40.9 Å². The molecule has 0 spiro atoms. The van der Waals surface area contributed by atoms with Gasteiger partial charge in [-0.1, -0.05) is 35.9 Å². The summed E-state index contributed by atoms with van der Waals surface area (Å²) in [4.78, 5) is 10.4. The van der Waals surface area contributed by atoms with E-state index < -0.39 is 4.92 Å². The molecule has 2 aromatic rings. The number of aliphatic hydroxyl groups is 1. The van der Waals surface area contributed by atoms with Crippen LogP contribution in [0.4, 0.5) is 5.69 Å². The predicted molar refractivity (Wildman–Crippen MR) is 82.5 cm³/mol. The van der Waals surface area contributed by atoms with E-state index in [1.54, 1.807) is 30.3 Å². The monoisotopic (exact) mass is 371 g/mol. The number of ether oxygens (including phenoxy) is 1. The summed E-state index contributed by atoms with van der Waals surface area (Å²) in [6, 6.07) is 9.77. The Labute approximate surface area is 134 Å². The van der Waals surface area contributed by atoms with E-state index >= 15 is 0 Å². The van der Waals surface area contributed by atoms with E-state index in [0.29, 0.717) is 26.4 Å². The quantitative estimate of drug-likeness (QED) is 0.634. The van der Waals surface area contributed by atoms with Gasteiger partial charge < -0.3 is 9.84 Å². The maximum absolute atomic E-state index is 10.9. The molecule has 0 aliphatic carbocycles. The molecule has 2 aromatic carbocycles. The third kappa shape index (κ3) is 3.53. The Morgan fingerprint density at radius 1 is 1.24 bits per heavy atom. The molecule has 0 saturated heterocycles. The summed E-state index contributed by atoms with van der Waals surface area (Å²) in [6.07, 6.45) is 0. The molecule has 0 amide bonds. The Morgan fingerprint density at radius 3 is 2.57 bits per heavy atom. The highest BCUT2D eigenvalue weighted by atomic mass is 79.9. The maximum atomic E-state index is 10.9. The number of nitrogens with zero attached hydrogens (tertiary/aromatic N) is 1. The van der Waals surface area contributed by atoms with Crippen molar-refractivity contribution >= 4 is 33.2 Å². The molecule has 0 fully saturated rings. The largest absolute Gasteiger partial charge is 0.487 e. The van der Waals surface area contributed by atoms with Gasteiger partial charge >= 0.3 is 0 Å². The van der Waals surface area contributed by atoms with Crippen molar-refractivity contribution in [2.75, 3.05) is 0 Å². The number of para-hydroxylation sites is 1. The van der Waals surface area contributed by atoms with Gasteiger partial charge in [0, 0.05) is 17.2 Å². The van der Waals surface area contributed by atoms with Crippen LogP contribution in [0.5, 0.6) is 5.75 Å². The van der Waals surface area contributed by atoms with Crippen molar-refractivity contribution in [2.24, 2.45) is 0 Å². The standard InChI is InChI=1S/C14H11BrClNO4/c15-13-10(4-2-6-12(13)17(19)20)8-21-14-9(7-18)3-1-5-11(14)16/h1-6,18H,7-8H2. The van der Waals surface area contributed by atoms with Gasteiger partial charge in [-0.3, -0.25) is 10.1 Å². The zero-order chi connectivity index (χ0) is 15.4. The fraction of sp³-hybridized carbons (Fsp3) is 0.143. The van der Waals surface area contributed by atoms with E-state index in [1.807, 2.05) is 0 Å². The van der Waals surface area contributed by atoms with Crippen molar-refractivity contribution in [1.29, 1.82) is 0 Å². The minimum atomic E-state index is -0.470. The molecule has 1 N–H and O–H groups in total. The first-order chi connectivity index (χ1) is 10.0. The number of hydrogen-bond acceptors (Lipinski definition) is 4. The first-order valence-corrected chi connectivity index (χ1v) is 7.14. The second-order valence-electron chi connectivity index (χ2n) is 4.18. The zero-order valence-corrected chi connectivity index (χ0v) is 13.1. The number of aliphatic hydroxyl groups excluding tert-OH is 1. The molecule has 7 heteroatoms. The van der Waals surface area contributed by atoms with E-state index in [9.17, 15) is 15.2 Å². The zero-order valence-electron chi connectivity index (χ0n) is 10.8. The van der Waals surface area contributed by atoms with E-state index in [-0.39, 0.29) is 18.9 Å². The average Bonchev–Trinajstić information content (AvgIpc) is 2.46. The van der Waals surface area contributed by atoms with Crippen molar-refractivity contribution in [2.45, 2.75) is 13.2 Å². The fourth-order valence-corrected chi connectivity index (χ4v) is 2.58.